The SMILES string of the molecule is Cc1ccnn1CC(C(N)=S)c1ccccc1. The van der Waals surface area contributed by atoms with Crippen LogP contribution < -0.4 is 5.73 Å². The second-order valence-electron chi connectivity index (χ2n) is 4.02. The van der Waals surface area contributed by atoms with Crippen LogP contribution in [0.15, 0.2) is 42.6 Å². The lowest BCUT2D eigenvalue weighted by Crippen LogP contribution is -2.24. The van der Waals surface area contributed by atoms with Gasteiger partial charge in [0.2, 0.25) is 0 Å². The highest BCUT2D eigenvalue weighted by atomic mass is 32.1. The maximum atomic E-state index is 5.83. The molecule has 1 heterocycles. The molecule has 0 amide bonds. The van der Waals surface area contributed by atoms with Gasteiger partial charge in [0.15, 0.2) is 0 Å². The fourth-order valence-electron chi connectivity index (χ4n) is 1.81. The van der Waals surface area contributed by atoms with Crippen molar-refractivity contribution in [1.82, 2.24) is 9.78 Å². The predicted octanol–water partition coefficient (Wildman–Crippen LogP) is 2.26. The molecule has 2 N–H and O–H groups in total. The van der Waals surface area contributed by atoms with Crippen LogP contribution in [0, 0.1) is 6.92 Å². The van der Waals surface area contributed by atoms with Crippen molar-refractivity contribution >= 4 is 17.2 Å². The van der Waals surface area contributed by atoms with E-state index in [-0.39, 0.29) is 5.92 Å². The lowest BCUT2D eigenvalue weighted by Gasteiger charge is -2.17. The van der Waals surface area contributed by atoms with Gasteiger partial charge in [-0.3, -0.25) is 4.68 Å². The molecule has 1 aromatic heterocycles. The highest BCUT2D eigenvalue weighted by molar-refractivity contribution is 7.80. The zero-order valence-corrected chi connectivity index (χ0v) is 10.5. The molecule has 0 saturated heterocycles. The van der Waals surface area contributed by atoms with Crippen LogP contribution in [-0.4, -0.2) is 14.8 Å². The Bertz CT molecular complexity index is 504. The van der Waals surface area contributed by atoms with E-state index in [0.29, 0.717) is 11.5 Å². The lowest BCUT2D eigenvalue weighted by atomic mass is 9.99. The topological polar surface area (TPSA) is 43.8 Å². The van der Waals surface area contributed by atoms with E-state index in [1.165, 1.54) is 0 Å². The van der Waals surface area contributed by atoms with E-state index in [1.807, 2.05) is 48.0 Å². The number of nitrogens with two attached hydrogens (primary N) is 1. The minimum Gasteiger partial charge on any atom is -0.393 e. The molecule has 0 aliphatic heterocycles. The van der Waals surface area contributed by atoms with Gasteiger partial charge >= 0.3 is 0 Å². The van der Waals surface area contributed by atoms with E-state index in [0.717, 1.165) is 11.3 Å². The number of aryl methyl sites for hydroxylation is 1. The third kappa shape index (κ3) is 2.71. The predicted molar refractivity (Wildman–Crippen MR) is 72.9 cm³/mol. The summed E-state index contributed by atoms with van der Waals surface area (Å²) in [5.41, 5.74) is 8.07. The second kappa shape index (κ2) is 5.10. The van der Waals surface area contributed by atoms with E-state index in [2.05, 4.69) is 5.10 Å². The molecule has 2 aromatic rings. The minimum atomic E-state index is 0.0322. The molecule has 0 aliphatic carbocycles. The molecule has 17 heavy (non-hydrogen) atoms. The van der Waals surface area contributed by atoms with Crippen molar-refractivity contribution in [1.29, 1.82) is 0 Å². The zero-order chi connectivity index (χ0) is 12.3. The largest absolute Gasteiger partial charge is 0.393 e. The molecule has 0 radical (unpaired) electrons. The Kier molecular flexibility index (Phi) is 3.54. The first-order chi connectivity index (χ1) is 8.18. The molecule has 1 aromatic carbocycles. The summed E-state index contributed by atoms with van der Waals surface area (Å²) >= 11 is 5.15. The Hall–Kier alpha value is -1.68. The van der Waals surface area contributed by atoms with Gasteiger partial charge in [0.05, 0.1) is 17.5 Å². The molecule has 0 spiro atoms. The van der Waals surface area contributed by atoms with Crippen molar-refractivity contribution in [2.75, 3.05) is 0 Å². The first-order valence-electron chi connectivity index (χ1n) is 5.51. The van der Waals surface area contributed by atoms with Crippen LogP contribution in [-0.2, 0) is 6.54 Å². The molecule has 0 aliphatic rings. The van der Waals surface area contributed by atoms with Crippen LogP contribution in [0.2, 0.25) is 0 Å². The molecule has 0 bridgehead atoms. The van der Waals surface area contributed by atoms with Gasteiger partial charge in [-0.25, -0.2) is 0 Å². The van der Waals surface area contributed by atoms with E-state index in [4.69, 9.17) is 18.0 Å². The van der Waals surface area contributed by atoms with Crippen LogP contribution in [0.25, 0.3) is 0 Å². The fourth-order valence-corrected chi connectivity index (χ4v) is 2.02. The Labute approximate surface area is 106 Å². The number of nitrogens with zero attached hydrogens (tertiary/aromatic N) is 2. The van der Waals surface area contributed by atoms with E-state index in [9.17, 15) is 0 Å². The van der Waals surface area contributed by atoms with E-state index >= 15 is 0 Å². The van der Waals surface area contributed by atoms with Crippen molar-refractivity contribution < 1.29 is 0 Å². The molecule has 2 rings (SSSR count). The Balaban J connectivity index is 2.26. The van der Waals surface area contributed by atoms with Crippen molar-refractivity contribution in [2.45, 2.75) is 19.4 Å². The Morgan fingerprint density at radius 2 is 2.06 bits per heavy atom. The fraction of sp³-hybridized carbons (Fsp3) is 0.231. The number of hydrogen-bond acceptors (Lipinski definition) is 2. The van der Waals surface area contributed by atoms with Gasteiger partial charge in [-0.05, 0) is 18.6 Å². The van der Waals surface area contributed by atoms with Crippen LogP contribution >= 0.6 is 12.2 Å². The van der Waals surface area contributed by atoms with Gasteiger partial charge in [0, 0.05) is 11.9 Å². The highest BCUT2D eigenvalue weighted by Gasteiger charge is 2.16. The van der Waals surface area contributed by atoms with Crippen molar-refractivity contribution in [3.63, 3.8) is 0 Å². The van der Waals surface area contributed by atoms with Gasteiger partial charge in [-0.1, -0.05) is 42.5 Å². The molecule has 4 heteroatoms. The normalized spacial score (nSPS) is 12.3. The van der Waals surface area contributed by atoms with Gasteiger partial charge in [-0.15, -0.1) is 0 Å². The van der Waals surface area contributed by atoms with E-state index < -0.39 is 0 Å². The van der Waals surface area contributed by atoms with Crippen LogP contribution in [0.1, 0.15) is 17.2 Å². The van der Waals surface area contributed by atoms with Gasteiger partial charge < -0.3 is 5.73 Å². The Morgan fingerprint density at radius 3 is 2.59 bits per heavy atom. The third-order valence-electron chi connectivity index (χ3n) is 2.83. The summed E-state index contributed by atoms with van der Waals surface area (Å²) in [5, 5.41) is 4.26. The van der Waals surface area contributed by atoms with Crippen LogP contribution in [0.5, 0.6) is 0 Å². The molecule has 0 saturated carbocycles. The Morgan fingerprint density at radius 1 is 1.35 bits per heavy atom. The molecule has 3 nitrogen and oxygen atoms in total. The summed E-state index contributed by atoms with van der Waals surface area (Å²) in [4.78, 5) is 0.506. The second-order valence-corrected chi connectivity index (χ2v) is 4.49. The van der Waals surface area contributed by atoms with Crippen molar-refractivity contribution in [3.8, 4) is 0 Å². The summed E-state index contributed by atoms with van der Waals surface area (Å²) in [5.74, 6) is 0.0322. The summed E-state index contributed by atoms with van der Waals surface area (Å²) < 4.78 is 1.93. The standard InChI is InChI=1S/C13H15N3S/c1-10-7-8-15-16(10)9-12(13(14)17)11-5-3-2-4-6-11/h2-8,12H,9H2,1H3,(H2,14,17). The van der Waals surface area contributed by atoms with Gasteiger partial charge in [0.25, 0.3) is 0 Å². The van der Waals surface area contributed by atoms with Gasteiger partial charge in [-0.2, -0.15) is 5.10 Å². The molecule has 1 unspecified atom stereocenters. The van der Waals surface area contributed by atoms with Crippen LogP contribution in [0.4, 0.5) is 0 Å². The summed E-state index contributed by atoms with van der Waals surface area (Å²) in [6.45, 7) is 2.72. The number of hydrogen-bond donors (Lipinski definition) is 1. The molecule has 1 atom stereocenters. The summed E-state index contributed by atoms with van der Waals surface area (Å²) in [7, 11) is 0. The molecule has 0 fully saturated rings. The van der Waals surface area contributed by atoms with Crippen molar-refractivity contribution in [2.24, 2.45) is 5.73 Å². The maximum absolute atomic E-state index is 5.83. The summed E-state index contributed by atoms with van der Waals surface area (Å²) in [6, 6.07) is 12.0. The number of benzene rings is 1. The smallest absolute Gasteiger partial charge is 0.0822 e. The number of rotatable bonds is 4. The van der Waals surface area contributed by atoms with Gasteiger partial charge in [0.1, 0.15) is 0 Å². The third-order valence-corrected chi connectivity index (χ3v) is 3.11. The average Bonchev–Trinajstić information content (AvgIpc) is 2.72. The minimum absolute atomic E-state index is 0.0322. The van der Waals surface area contributed by atoms with Crippen molar-refractivity contribution in [3.05, 3.63) is 53.9 Å². The zero-order valence-electron chi connectivity index (χ0n) is 9.71. The molecule has 88 valence electrons. The number of thiocarbonyl (C=S) groups is 1. The molecular formula is C13H15N3S. The maximum Gasteiger partial charge on any atom is 0.0822 e. The van der Waals surface area contributed by atoms with E-state index in [1.54, 1.807) is 6.20 Å². The first kappa shape index (κ1) is 11.8. The average molecular weight is 245 g/mol. The summed E-state index contributed by atoms with van der Waals surface area (Å²) in [6.07, 6.45) is 1.79. The quantitative estimate of drug-likeness (QED) is 0.840. The highest BCUT2D eigenvalue weighted by Crippen LogP contribution is 2.18. The monoisotopic (exact) mass is 245 g/mol. The van der Waals surface area contributed by atoms with Crippen LogP contribution in [0.3, 0.4) is 0 Å². The lowest BCUT2D eigenvalue weighted by molar-refractivity contribution is 0.575. The number of aromatic nitrogens is 2. The molecular weight excluding hydrogens is 230 g/mol. The first-order valence-corrected chi connectivity index (χ1v) is 5.92.